The number of hydrogen-bond donors (Lipinski definition) is 0. The van der Waals surface area contributed by atoms with Crippen molar-refractivity contribution in [3.8, 4) is 12.1 Å². The van der Waals surface area contributed by atoms with Crippen molar-refractivity contribution in [2.24, 2.45) is 23.7 Å². The summed E-state index contributed by atoms with van der Waals surface area (Å²) in [6.07, 6.45) is 34.3. The largest absolute Gasteiger partial charge is 0.373 e. The molecule has 0 amide bonds. The van der Waals surface area contributed by atoms with Crippen LogP contribution >= 0.6 is 0 Å². The first-order chi connectivity index (χ1) is 25.1. The second-order valence-corrected chi connectivity index (χ2v) is 15.8. The fourth-order valence-corrected chi connectivity index (χ4v) is 8.83. The molecule has 0 radical (unpaired) electrons. The van der Waals surface area contributed by atoms with Crippen molar-refractivity contribution in [3.05, 3.63) is 82.9 Å². The maximum Gasteiger partial charge on any atom is 0.0991 e. The Balaban J connectivity index is 1.35. The Kier molecular flexibility index (Phi) is 19.3. The van der Waals surface area contributed by atoms with Gasteiger partial charge in [-0.1, -0.05) is 140 Å². The average molecular weight is 689 g/mol. The van der Waals surface area contributed by atoms with Crippen LogP contribution in [0.3, 0.4) is 0 Å². The maximum atomic E-state index is 9.40. The van der Waals surface area contributed by atoms with Crippen LogP contribution in [0.1, 0.15) is 177 Å². The Morgan fingerprint density at radius 1 is 0.529 bits per heavy atom. The maximum absolute atomic E-state index is 9.40. The number of hydrogen-bond acceptors (Lipinski definition) is 3. The van der Waals surface area contributed by atoms with E-state index in [1.165, 1.54) is 164 Å². The SMILES string of the molecule is CCCCCCCCC1CCC(C(=CCOCC=C(c2ccc(C#N)cc2)C2CCC(CCCCCCCC)CC2)c2ccc(C#N)cc2)CC1. The summed E-state index contributed by atoms with van der Waals surface area (Å²) in [5.41, 5.74) is 6.71. The molecule has 0 unspecified atom stereocenters. The van der Waals surface area contributed by atoms with Gasteiger partial charge in [-0.05, 0) is 122 Å². The Hall–Kier alpha value is -3.14. The molecule has 0 heterocycles. The van der Waals surface area contributed by atoms with Crippen LogP contribution in [0.15, 0.2) is 60.7 Å². The minimum atomic E-state index is 0.554. The highest BCUT2D eigenvalue weighted by Gasteiger charge is 2.26. The van der Waals surface area contributed by atoms with Gasteiger partial charge in [-0.3, -0.25) is 0 Å². The molecule has 3 nitrogen and oxygen atoms in total. The van der Waals surface area contributed by atoms with E-state index < -0.39 is 0 Å². The van der Waals surface area contributed by atoms with Gasteiger partial charge in [0.05, 0.1) is 36.5 Å². The number of rotatable bonds is 22. The van der Waals surface area contributed by atoms with Gasteiger partial charge < -0.3 is 4.74 Å². The van der Waals surface area contributed by atoms with Crippen LogP contribution in [0.5, 0.6) is 0 Å². The van der Waals surface area contributed by atoms with Gasteiger partial charge in [-0.15, -0.1) is 0 Å². The first-order valence-corrected chi connectivity index (χ1v) is 21.1. The molecule has 2 aromatic rings. The average Bonchev–Trinajstić information content (AvgIpc) is 3.18. The molecule has 2 aromatic carbocycles. The van der Waals surface area contributed by atoms with E-state index in [9.17, 15) is 10.5 Å². The second kappa shape index (κ2) is 24.2. The third-order valence-corrected chi connectivity index (χ3v) is 12.0. The van der Waals surface area contributed by atoms with E-state index in [0.717, 1.165) is 11.8 Å². The Morgan fingerprint density at radius 3 is 1.24 bits per heavy atom. The molecule has 276 valence electrons. The van der Waals surface area contributed by atoms with Gasteiger partial charge in [0.2, 0.25) is 0 Å². The second-order valence-electron chi connectivity index (χ2n) is 15.8. The highest BCUT2D eigenvalue weighted by Crippen LogP contribution is 2.41. The molecule has 0 atom stereocenters. The van der Waals surface area contributed by atoms with Crippen LogP contribution in [-0.4, -0.2) is 13.2 Å². The summed E-state index contributed by atoms with van der Waals surface area (Å²) >= 11 is 0. The zero-order valence-corrected chi connectivity index (χ0v) is 32.4. The number of benzene rings is 2. The molecule has 51 heavy (non-hydrogen) atoms. The highest BCUT2D eigenvalue weighted by molar-refractivity contribution is 5.69. The third kappa shape index (κ3) is 14.4. The summed E-state index contributed by atoms with van der Waals surface area (Å²) in [5.74, 6) is 2.86. The molecule has 0 aromatic heterocycles. The number of unbranched alkanes of at least 4 members (excludes halogenated alkanes) is 10. The van der Waals surface area contributed by atoms with Gasteiger partial charge >= 0.3 is 0 Å². The van der Waals surface area contributed by atoms with Crippen molar-refractivity contribution in [1.29, 1.82) is 10.5 Å². The topological polar surface area (TPSA) is 56.8 Å². The van der Waals surface area contributed by atoms with Gasteiger partial charge in [0, 0.05) is 0 Å². The molecule has 0 spiro atoms. The smallest absolute Gasteiger partial charge is 0.0991 e. The standard InChI is InChI=1S/C48H68N2O/c1-3-5-7-9-11-13-15-39-17-25-43(26-18-39)47(45-29-21-41(37-49)22-30-45)33-35-51-36-34-48(46-31-23-42(38-50)24-32-46)44-27-19-40(20-28-44)16-14-12-10-8-6-4-2/h21-24,29-34,39-40,43-44H,3-20,25-28,35-36H2,1-2H3. The van der Waals surface area contributed by atoms with E-state index in [-0.39, 0.29) is 0 Å². The van der Waals surface area contributed by atoms with E-state index in [0.29, 0.717) is 36.2 Å². The summed E-state index contributed by atoms with van der Waals surface area (Å²) < 4.78 is 6.38. The van der Waals surface area contributed by atoms with Gasteiger partial charge in [0.25, 0.3) is 0 Å². The van der Waals surface area contributed by atoms with Crippen molar-refractivity contribution in [2.75, 3.05) is 13.2 Å². The summed E-state index contributed by atoms with van der Waals surface area (Å²) in [7, 11) is 0. The molecule has 4 rings (SSSR count). The van der Waals surface area contributed by atoms with Crippen LogP contribution < -0.4 is 0 Å². The lowest BCUT2D eigenvalue weighted by Crippen LogP contribution is -2.17. The lowest BCUT2D eigenvalue weighted by Gasteiger charge is -2.31. The highest BCUT2D eigenvalue weighted by atomic mass is 16.5. The van der Waals surface area contributed by atoms with Gasteiger partial charge in [0.1, 0.15) is 0 Å². The van der Waals surface area contributed by atoms with E-state index in [1.807, 2.05) is 24.3 Å². The quantitative estimate of drug-likeness (QED) is 0.116. The van der Waals surface area contributed by atoms with E-state index in [1.54, 1.807) is 0 Å². The number of allylic oxidation sites excluding steroid dienone is 2. The van der Waals surface area contributed by atoms with Gasteiger partial charge in [-0.25, -0.2) is 0 Å². The van der Waals surface area contributed by atoms with Crippen LogP contribution in [-0.2, 0) is 4.74 Å². The lowest BCUT2D eigenvalue weighted by atomic mass is 9.75. The van der Waals surface area contributed by atoms with Crippen LogP contribution in [0.4, 0.5) is 0 Å². The molecule has 2 fully saturated rings. The molecule has 2 saturated carbocycles. The number of nitriles is 2. The molecule has 0 N–H and O–H groups in total. The molecule has 0 bridgehead atoms. The Labute approximate surface area is 312 Å². The van der Waals surface area contributed by atoms with Crippen molar-refractivity contribution in [2.45, 2.75) is 155 Å². The molecular formula is C48H68N2O. The number of nitrogens with zero attached hydrogens (tertiary/aromatic N) is 2. The Bertz CT molecular complexity index is 1270. The van der Waals surface area contributed by atoms with Crippen LogP contribution in [0.2, 0.25) is 0 Å². The first-order valence-electron chi connectivity index (χ1n) is 21.1. The molecule has 2 aliphatic carbocycles. The minimum absolute atomic E-state index is 0.554. The molecular weight excluding hydrogens is 621 g/mol. The van der Waals surface area contributed by atoms with Crippen molar-refractivity contribution in [3.63, 3.8) is 0 Å². The molecule has 2 aliphatic rings. The predicted octanol–water partition coefficient (Wildman–Crippen LogP) is 14.0. The predicted molar refractivity (Wildman–Crippen MR) is 216 cm³/mol. The van der Waals surface area contributed by atoms with Gasteiger partial charge in [-0.2, -0.15) is 10.5 Å². The lowest BCUT2D eigenvalue weighted by molar-refractivity contribution is 0.193. The molecule has 0 aliphatic heterocycles. The van der Waals surface area contributed by atoms with E-state index >= 15 is 0 Å². The van der Waals surface area contributed by atoms with Gasteiger partial charge in [0.15, 0.2) is 0 Å². The van der Waals surface area contributed by atoms with E-state index in [4.69, 9.17) is 4.74 Å². The van der Waals surface area contributed by atoms with Crippen LogP contribution in [0, 0.1) is 46.3 Å². The summed E-state index contributed by atoms with van der Waals surface area (Å²) in [6.45, 7) is 5.77. The summed E-state index contributed by atoms with van der Waals surface area (Å²) in [5, 5.41) is 18.8. The van der Waals surface area contributed by atoms with Crippen molar-refractivity contribution in [1.82, 2.24) is 0 Å². The van der Waals surface area contributed by atoms with Crippen molar-refractivity contribution < 1.29 is 4.74 Å². The summed E-state index contributed by atoms with van der Waals surface area (Å²) in [6, 6.07) is 21.0. The zero-order chi connectivity index (χ0) is 35.9. The third-order valence-electron chi connectivity index (χ3n) is 12.0. The Morgan fingerprint density at radius 2 is 0.882 bits per heavy atom. The fourth-order valence-electron chi connectivity index (χ4n) is 8.83. The first kappa shape index (κ1) is 40.6. The van der Waals surface area contributed by atoms with Crippen LogP contribution in [0.25, 0.3) is 11.1 Å². The molecule has 3 heteroatoms. The fraction of sp³-hybridized carbons (Fsp3) is 0.625. The minimum Gasteiger partial charge on any atom is -0.373 e. The van der Waals surface area contributed by atoms with E-state index in [2.05, 4.69) is 62.4 Å². The normalized spacial score (nSPS) is 21.3. The number of ether oxygens (including phenoxy) is 1. The summed E-state index contributed by atoms with van der Waals surface area (Å²) in [4.78, 5) is 0. The molecule has 0 saturated heterocycles. The zero-order valence-electron chi connectivity index (χ0n) is 32.4. The van der Waals surface area contributed by atoms with Crippen molar-refractivity contribution >= 4 is 11.1 Å². The monoisotopic (exact) mass is 689 g/mol.